The first-order valence-electron chi connectivity index (χ1n) is 4.97. The number of halogens is 1. The number of nitrogens with zero attached hydrogens (tertiary/aromatic N) is 2. The van der Waals surface area contributed by atoms with Gasteiger partial charge in [0.1, 0.15) is 0 Å². The summed E-state index contributed by atoms with van der Waals surface area (Å²) >= 11 is 5.96. The molecule has 0 amide bonds. The topological polar surface area (TPSA) is 17.8 Å². The standard InChI is InChI=1S/C12H13ClN2/c13-9-12(15-7-6-14-10-15)8-11-4-2-1-3-5-11/h1-7,10,12H,8-9H2/t12-/m0/s1. The summed E-state index contributed by atoms with van der Waals surface area (Å²) in [7, 11) is 0. The van der Waals surface area contributed by atoms with Crippen LogP contribution in [-0.2, 0) is 6.42 Å². The average molecular weight is 221 g/mol. The summed E-state index contributed by atoms with van der Waals surface area (Å²) in [6, 6.07) is 10.7. The van der Waals surface area contributed by atoms with Crippen LogP contribution in [-0.4, -0.2) is 15.4 Å². The molecule has 0 unspecified atom stereocenters. The minimum atomic E-state index is 0.288. The van der Waals surface area contributed by atoms with E-state index in [4.69, 9.17) is 11.6 Å². The first-order chi connectivity index (χ1) is 7.40. The van der Waals surface area contributed by atoms with Gasteiger partial charge in [0.15, 0.2) is 0 Å². The van der Waals surface area contributed by atoms with Crippen LogP contribution in [0.15, 0.2) is 49.1 Å². The maximum atomic E-state index is 5.96. The van der Waals surface area contributed by atoms with Gasteiger partial charge in [-0.05, 0) is 12.0 Å². The van der Waals surface area contributed by atoms with Crippen molar-refractivity contribution in [2.75, 3.05) is 5.88 Å². The zero-order valence-electron chi connectivity index (χ0n) is 8.38. The van der Waals surface area contributed by atoms with Crippen molar-refractivity contribution in [1.29, 1.82) is 0 Å². The molecule has 1 heterocycles. The van der Waals surface area contributed by atoms with Crippen molar-refractivity contribution in [3.63, 3.8) is 0 Å². The average Bonchev–Trinajstić information content (AvgIpc) is 2.81. The number of hydrogen-bond donors (Lipinski definition) is 0. The van der Waals surface area contributed by atoms with Crippen molar-refractivity contribution < 1.29 is 0 Å². The third-order valence-corrected chi connectivity index (χ3v) is 2.80. The zero-order chi connectivity index (χ0) is 10.5. The molecule has 0 N–H and O–H groups in total. The van der Waals surface area contributed by atoms with Crippen LogP contribution in [0.2, 0.25) is 0 Å². The molecule has 2 rings (SSSR count). The monoisotopic (exact) mass is 220 g/mol. The van der Waals surface area contributed by atoms with Crippen LogP contribution in [0.4, 0.5) is 0 Å². The molecule has 2 aromatic rings. The number of imidazole rings is 1. The number of alkyl halides is 1. The Bertz CT molecular complexity index is 383. The molecule has 2 nitrogen and oxygen atoms in total. The minimum absolute atomic E-state index is 0.288. The SMILES string of the molecule is ClC[C@H](Cc1ccccc1)n1ccnc1. The van der Waals surface area contributed by atoms with E-state index in [-0.39, 0.29) is 6.04 Å². The van der Waals surface area contributed by atoms with Gasteiger partial charge in [-0.15, -0.1) is 11.6 Å². The highest BCUT2D eigenvalue weighted by Gasteiger charge is 2.09. The Hall–Kier alpha value is -1.28. The Morgan fingerprint density at radius 3 is 2.67 bits per heavy atom. The summed E-state index contributed by atoms with van der Waals surface area (Å²) in [5.41, 5.74) is 1.30. The zero-order valence-corrected chi connectivity index (χ0v) is 9.14. The smallest absolute Gasteiger partial charge is 0.0949 e. The summed E-state index contributed by atoms with van der Waals surface area (Å²) in [6.07, 6.45) is 6.50. The molecule has 1 aromatic carbocycles. The first kappa shape index (κ1) is 10.2. The molecule has 0 radical (unpaired) electrons. The Kier molecular flexibility index (Phi) is 3.41. The van der Waals surface area contributed by atoms with Gasteiger partial charge < -0.3 is 4.57 Å². The van der Waals surface area contributed by atoms with Gasteiger partial charge in [-0.1, -0.05) is 30.3 Å². The van der Waals surface area contributed by atoms with Gasteiger partial charge in [0, 0.05) is 18.3 Å². The van der Waals surface area contributed by atoms with Crippen LogP contribution < -0.4 is 0 Å². The van der Waals surface area contributed by atoms with Gasteiger partial charge in [0.25, 0.3) is 0 Å². The third-order valence-electron chi connectivity index (χ3n) is 2.44. The van der Waals surface area contributed by atoms with E-state index >= 15 is 0 Å². The number of rotatable bonds is 4. The Morgan fingerprint density at radius 2 is 2.07 bits per heavy atom. The molecule has 0 aliphatic rings. The Labute approximate surface area is 94.5 Å². The summed E-state index contributed by atoms with van der Waals surface area (Å²) in [6.45, 7) is 0. The van der Waals surface area contributed by atoms with E-state index in [1.807, 2.05) is 18.6 Å². The number of hydrogen-bond acceptors (Lipinski definition) is 1. The van der Waals surface area contributed by atoms with Crippen LogP contribution >= 0.6 is 11.6 Å². The molecule has 3 heteroatoms. The van der Waals surface area contributed by atoms with Crippen molar-refractivity contribution in [3.05, 3.63) is 54.6 Å². The molecule has 0 aliphatic carbocycles. The second-order valence-corrected chi connectivity index (χ2v) is 3.82. The fourth-order valence-corrected chi connectivity index (χ4v) is 1.88. The highest BCUT2D eigenvalue weighted by molar-refractivity contribution is 6.18. The van der Waals surface area contributed by atoms with Crippen LogP contribution in [0.5, 0.6) is 0 Å². The van der Waals surface area contributed by atoms with Crippen LogP contribution in [0, 0.1) is 0 Å². The maximum absolute atomic E-state index is 5.96. The molecule has 0 spiro atoms. The van der Waals surface area contributed by atoms with Gasteiger partial charge in [0.2, 0.25) is 0 Å². The van der Waals surface area contributed by atoms with Crippen molar-refractivity contribution >= 4 is 11.6 Å². The number of aromatic nitrogens is 2. The maximum Gasteiger partial charge on any atom is 0.0949 e. The van der Waals surface area contributed by atoms with Gasteiger partial charge >= 0.3 is 0 Å². The molecule has 0 aliphatic heterocycles. The van der Waals surface area contributed by atoms with E-state index in [0.717, 1.165) is 6.42 Å². The summed E-state index contributed by atoms with van der Waals surface area (Å²) < 4.78 is 2.06. The van der Waals surface area contributed by atoms with Crippen LogP contribution in [0.3, 0.4) is 0 Å². The van der Waals surface area contributed by atoms with Crippen LogP contribution in [0.1, 0.15) is 11.6 Å². The molecule has 0 fully saturated rings. The lowest BCUT2D eigenvalue weighted by atomic mass is 10.1. The largest absolute Gasteiger partial charge is 0.333 e. The van der Waals surface area contributed by atoms with E-state index in [9.17, 15) is 0 Å². The molecule has 0 saturated heterocycles. The summed E-state index contributed by atoms with van der Waals surface area (Å²) in [5, 5.41) is 0. The van der Waals surface area contributed by atoms with Gasteiger partial charge in [0.05, 0.1) is 12.4 Å². The van der Waals surface area contributed by atoms with E-state index in [1.165, 1.54) is 5.56 Å². The van der Waals surface area contributed by atoms with Crippen molar-refractivity contribution in [2.45, 2.75) is 12.5 Å². The predicted molar refractivity (Wildman–Crippen MR) is 62.1 cm³/mol. The van der Waals surface area contributed by atoms with E-state index in [1.54, 1.807) is 6.20 Å². The molecule has 1 aromatic heterocycles. The molecule has 15 heavy (non-hydrogen) atoms. The Balaban J connectivity index is 2.10. The van der Waals surface area contributed by atoms with E-state index in [2.05, 4.69) is 33.8 Å². The van der Waals surface area contributed by atoms with Crippen LogP contribution in [0.25, 0.3) is 0 Å². The second-order valence-electron chi connectivity index (χ2n) is 3.51. The Morgan fingerprint density at radius 1 is 1.27 bits per heavy atom. The molecule has 0 bridgehead atoms. The number of benzene rings is 1. The predicted octanol–water partition coefficient (Wildman–Crippen LogP) is 2.91. The van der Waals surface area contributed by atoms with Crippen molar-refractivity contribution in [1.82, 2.24) is 9.55 Å². The fourth-order valence-electron chi connectivity index (χ4n) is 1.61. The van der Waals surface area contributed by atoms with Gasteiger partial charge in [-0.25, -0.2) is 4.98 Å². The van der Waals surface area contributed by atoms with E-state index in [0.29, 0.717) is 5.88 Å². The summed E-state index contributed by atoms with van der Waals surface area (Å²) in [4.78, 5) is 4.04. The molecule has 1 atom stereocenters. The normalized spacial score (nSPS) is 12.6. The fraction of sp³-hybridized carbons (Fsp3) is 0.250. The quantitative estimate of drug-likeness (QED) is 0.725. The van der Waals surface area contributed by atoms with E-state index < -0.39 is 0 Å². The second kappa shape index (κ2) is 4.99. The minimum Gasteiger partial charge on any atom is -0.333 e. The molecular formula is C12H13ClN2. The molecular weight excluding hydrogens is 208 g/mol. The van der Waals surface area contributed by atoms with Crippen molar-refractivity contribution in [3.8, 4) is 0 Å². The summed E-state index contributed by atoms with van der Waals surface area (Å²) in [5.74, 6) is 0.602. The van der Waals surface area contributed by atoms with Gasteiger partial charge in [-0.3, -0.25) is 0 Å². The highest BCUT2D eigenvalue weighted by atomic mass is 35.5. The lowest BCUT2D eigenvalue weighted by Gasteiger charge is -2.15. The lowest BCUT2D eigenvalue weighted by Crippen LogP contribution is -2.11. The van der Waals surface area contributed by atoms with Crippen molar-refractivity contribution in [2.24, 2.45) is 0 Å². The molecule has 78 valence electrons. The first-order valence-corrected chi connectivity index (χ1v) is 5.51. The highest BCUT2D eigenvalue weighted by Crippen LogP contribution is 2.15. The molecule has 0 saturated carbocycles. The lowest BCUT2D eigenvalue weighted by molar-refractivity contribution is 0.550. The van der Waals surface area contributed by atoms with Gasteiger partial charge in [-0.2, -0.15) is 0 Å². The third kappa shape index (κ3) is 2.60.